The number of hydrogen-bond donors (Lipinski definition) is 0. The molecule has 6 nitrogen and oxygen atoms in total. The van der Waals surface area contributed by atoms with Crippen LogP contribution in [0.5, 0.6) is 5.75 Å². The Morgan fingerprint density at radius 1 is 1.21 bits per heavy atom. The minimum Gasteiger partial charge on any atom is -0.496 e. The summed E-state index contributed by atoms with van der Waals surface area (Å²) >= 11 is 1.51. The Morgan fingerprint density at radius 2 is 2.04 bits per heavy atom. The maximum atomic E-state index is 11.0. The SMILES string of the molecule is COc1ccc(C=O)cc1CSc1nnnn1Cc1ccccc1. The Labute approximate surface area is 143 Å². The number of aromatic nitrogens is 4. The molecule has 2 aromatic carbocycles. The number of carbonyl (C=O) groups excluding carboxylic acids is 1. The van der Waals surface area contributed by atoms with Gasteiger partial charge < -0.3 is 4.74 Å². The Morgan fingerprint density at radius 3 is 2.79 bits per heavy atom. The third kappa shape index (κ3) is 3.80. The Hall–Kier alpha value is -2.67. The molecular weight excluding hydrogens is 324 g/mol. The molecule has 1 aromatic heterocycles. The number of thioether (sulfide) groups is 1. The summed E-state index contributed by atoms with van der Waals surface area (Å²) in [5.74, 6) is 1.36. The Balaban J connectivity index is 1.74. The summed E-state index contributed by atoms with van der Waals surface area (Å²) in [6, 6.07) is 15.4. The van der Waals surface area contributed by atoms with E-state index in [2.05, 4.69) is 15.5 Å². The van der Waals surface area contributed by atoms with Crippen LogP contribution < -0.4 is 4.74 Å². The molecule has 0 bridgehead atoms. The molecule has 0 spiro atoms. The van der Waals surface area contributed by atoms with Gasteiger partial charge in [-0.2, -0.15) is 0 Å². The fourth-order valence-corrected chi connectivity index (χ4v) is 3.14. The first-order chi connectivity index (χ1) is 11.8. The molecule has 0 fully saturated rings. The zero-order valence-corrected chi connectivity index (χ0v) is 13.9. The molecule has 0 atom stereocenters. The van der Waals surface area contributed by atoms with E-state index in [0.717, 1.165) is 28.3 Å². The third-order valence-electron chi connectivity index (χ3n) is 3.47. The van der Waals surface area contributed by atoms with E-state index in [9.17, 15) is 4.79 Å². The van der Waals surface area contributed by atoms with Crippen LogP contribution in [0.25, 0.3) is 0 Å². The standard InChI is InChI=1S/C17H16N4O2S/c1-23-16-8-7-14(11-22)9-15(16)12-24-17-18-19-20-21(17)10-13-5-3-2-4-6-13/h2-9,11H,10,12H2,1H3. The van der Waals surface area contributed by atoms with Gasteiger partial charge in [0.2, 0.25) is 5.16 Å². The molecule has 0 N–H and O–H groups in total. The van der Waals surface area contributed by atoms with Crippen molar-refractivity contribution in [3.05, 3.63) is 65.2 Å². The fourth-order valence-electron chi connectivity index (χ4n) is 2.28. The van der Waals surface area contributed by atoms with Crippen LogP contribution in [0.3, 0.4) is 0 Å². The van der Waals surface area contributed by atoms with Crippen molar-refractivity contribution in [3.63, 3.8) is 0 Å². The maximum Gasteiger partial charge on any atom is 0.209 e. The van der Waals surface area contributed by atoms with Crippen LogP contribution in [-0.4, -0.2) is 33.6 Å². The molecule has 0 saturated heterocycles. The monoisotopic (exact) mass is 340 g/mol. The second-order valence-corrected chi connectivity index (χ2v) is 6.03. The van der Waals surface area contributed by atoms with Gasteiger partial charge in [-0.15, -0.1) is 5.10 Å². The van der Waals surface area contributed by atoms with E-state index in [-0.39, 0.29) is 0 Å². The summed E-state index contributed by atoms with van der Waals surface area (Å²) < 4.78 is 7.11. The highest BCUT2D eigenvalue weighted by Crippen LogP contribution is 2.27. The molecule has 3 rings (SSSR count). The van der Waals surface area contributed by atoms with Crippen LogP contribution >= 0.6 is 11.8 Å². The van der Waals surface area contributed by atoms with Gasteiger partial charge in [-0.05, 0) is 34.2 Å². The van der Waals surface area contributed by atoms with Crippen LogP contribution in [0.15, 0.2) is 53.7 Å². The second kappa shape index (κ2) is 7.74. The van der Waals surface area contributed by atoms with Crippen molar-refractivity contribution in [1.82, 2.24) is 20.2 Å². The lowest BCUT2D eigenvalue weighted by Crippen LogP contribution is -2.04. The van der Waals surface area contributed by atoms with E-state index in [1.807, 2.05) is 36.4 Å². The van der Waals surface area contributed by atoms with Crippen LogP contribution in [0.1, 0.15) is 21.5 Å². The highest BCUT2D eigenvalue weighted by Gasteiger charge is 2.11. The van der Waals surface area contributed by atoms with E-state index in [1.54, 1.807) is 23.9 Å². The molecule has 122 valence electrons. The first-order valence-corrected chi connectivity index (χ1v) is 8.33. The summed E-state index contributed by atoms with van der Waals surface area (Å²) in [6.45, 7) is 0.613. The number of benzene rings is 2. The van der Waals surface area contributed by atoms with E-state index in [0.29, 0.717) is 17.9 Å². The molecule has 0 radical (unpaired) electrons. The second-order valence-electron chi connectivity index (χ2n) is 5.08. The number of rotatable bonds is 7. The summed E-state index contributed by atoms with van der Waals surface area (Å²) in [5.41, 5.74) is 2.68. The van der Waals surface area contributed by atoms with Crippen molar-refractivity contribution < 1.29 is 9.53 Å². The van der Waals surface area contributed by atoms with Crippen molar-refractivity contribution in [2.75, 3.05) is 7.11 Å². The van der Waals surface area contributed by atoms with E-state index in [4.69, 9.17) is 4.74 Å². The first kappa shape index (κ1) is 16.2. The molecule has 0 unspecified atom stereocenters. The number of aldehydes is 1. The zero-order valence-electron chi connectivity index (χ0n) is 13.1. The number of nitrogens with zero attached hydrogens (tertiary/aromatic N) is 4. The summed E-state index contributed by atoms with van der Waals surface area (Å²) in [5, 5.41) is 12.6. The van der Waals surface area contributed by atoms with Crippen LogP contribution in [0.2, 0.25) is 0 Å². The van der Waals surface area contributed by atoms with Gasteiger partial charge in [0.1, 0.15) is 12.0 Å². The fraction of sp³-hybridized carbons (Fsp3) is 0.176. The molecule has 1 heterocycles. The van der Waals surface area contributed by atoms with Gasteiger partial charge in [0.15, 0.2) is 0 Å². The van der Waals surface area contributed by atoms with Crippen LogP contribution in [0, 0.1) is 0 Å². The average molecular weight is 340 g/mol. The lowest BCUT2D eigenvalue weighted by Gasteiger charge is -2.09. The number of methoxy groups -OCH3 is 1. The summed E-state index contributed by atoms with van der Waals surface area (Å²) in [6.07, 6.45) is 0.826. The van der Waals surface area contributed by atoms with Crippen molar-refractivity contribution in [2.24, 2.45) is 0 Å². The predicted molar refractivity (Wildman–Crippen MR) is 91.3 cm³/mol. The molecule has 0 aliphatic carbocycles. The van der Waals surface area contributed by atoms with Gasteiger partial charge in [0.05, 0.1) is 13.7 Å². The van der Waals surface area contributed by atoms with Crippen molar-refractivity contribution in [1.29, 1.82) is 0 Å². The van der Waals surface area contributed by atoms with Gasteiger partial charge in [-0.3, -0.25) is 4.79 Å². The molecule has 7 heteroatoms. The number of hydrogen-bond acceptors (Lipinski definition) is 6. The number of carbonyl (C=O) groups is 1. The van der Waals surface area contributed by atoms with Crippen LogP contribution in [-0.2, 0) is 12.3 Å². The molecular formula is C17H16N4O2S. The maximum absolute atomic E-state index is 11.0. The van der Waals surface area contributed by atoms with E-state index >= 15 is 0 Å². The lowest BCUT2D eigenvalue weighted by atomic mass is 10.1. The normalized spacial score (nSPS) is 10.5. The van der Waals surface area contributed by atoms with Crippen LogP contribution in [0.4, 0.5) is 0 Å². The van der Waals surface area contributed by atoms with E-state index in [1.165, 1.54) is 11.8 Å². The van der Waals surface area contributed by atoms with Gasteiger partial charge >= 0.3 is 0 Å². The quantitative estimate of drug-likeness (QED) is 0.486. The van der Waals surface area contributed by atoms with Gasteiger partial charge in [0, 0.05) is 16.9 Å². The molecule has 0 amide bonds. The van der Waals surface area contributed by atoms with Crippen molar-refractivity contribution >= 4 is 18.0 Å². The molecule has 3 aromatic rings. The molecule has 0 aliphatic rings. The largest absolute Gasteiger partial charge is 0.496 e. The Kier molecular flexibility index (Phi) is 5.22. The van der Waals surface area contributed by atoms with E-state index < -0.39 is 0 Å². The minimum atomic E-state index is 0.611. The minimum absolute atomic E-state index is 0.611. The predicted octanol–water partition coefficient (Wildman–Crippen LogP) is 2.83. The summed E-state index contributed by atoms with van der Waals surface area (Å²) in [7, 11) is 1.61. The highest BCUT2D eigenvalue weighted by molar-refractivity contribution is 7.98. The van der Waals surface area contributed by atoms with Crippen molar-refractivity contribution in [2.45, 2.75) is 17.5 Å². The number of tetrazole rings is 1. The molecule has 24 heavy (non-hydrogen) atoms. The first-order valence-electron chi connectivity index (χ1n) is 7.35. The smallest absolute Gasteiger partial charge is 0.209 e. The topological polar surface area (TPSA) is 69.9 Å². The van der Waals surface area contributed by atoms with Gasteiger partial charge in [-0.1, -0.05) is 42.1 Å². The van der Waals surface area contributed by atoms with Gasteiger partial charge in [-0.25, -0.2) is 4.68 Å². The Bertz CT molecular complexity index is 820. The molecule has 0 aliphatic heterocycles. The van der Waals surface area contributed by atoms with Gasteiger partial charge in [0.25, 0.3) is 0 Å². The average Bonchev–Trinajstić information content (AvgIpc) is 3.07. The molecule has 0 saturated carbocycles. The summed E-state index contributed by atoms with van der Waals surface area (Å²) in [4.78, 5) is 11.0. The van der Waals surface area contributed by atoms with Crippen molar-refractivity contribution in [3.8, 4) is 5.75 Å². The lowest BCUT2D eigenvalue weighted by molar-refractivity contribution is 0.112. The number of ether oxygens (including phenoxy) is 1. The zero-order chi connectivity index (χ0) is 16.8. The third-order valence-corrected chi connectivity index (χ3v) is 4.48. The highest BCUT2D eigenvalue weighted by atomic mass is 32.2.